The molecule has 5 heteroatoms. The Balaban J connectivity index is 2.33. The van der Waals surface area contributed by atoms with Crippen molar-refractivity contribution in [2.45, 2.75) is 51.5 Å². The van der Waals surface area contributed by atoms with E-state index in [-0.39, 0.29) is 12.0 Å². The summed E-state index contributed by atoms with van der Waals surface area (Å²) in [5, 5.41) is 0. The first-order chi connectivity index (χ1) is 10.6. The van der Waals surface area contributed by atoms with E-state index in [0.717, 1.165) is 22.3 Å². The zero-order valence-electron chi connectivity index (χ0n) is 14.3. The van der Waals surface area contributed by atoms with Gasteiger partial charge in [-0.15, -0.1) is 0 Å². The fourth-order valence-electron chi connectivity index (χ4n) is 2.56. The van der Waals surface area contributed by atoms with Gasteiger partial charge in [-0.25, -0.2) is 13.1 Å². The Bertz CT molecular complexity index is 769. The molecule has 0 spiro atoms. The molecule has 0 aliphatic carbocycles. The maximum Gasteiger partial charge on any atom is 0.241 e. The summed E-state index contributed by atoms with van der Waals surface area (Å²) in [6.45, 7) is 10.3. The normalized spacial score (nSPS) is 12.4. The van der Waals surface area contributed by atoms with E-state index in [1.54, 1.807) is 18.5 Å². The number of pyridine rings is 1. The summed E-state index contributed by atoms with van der Waals surface area (Å²) in [5.41, 5.74) is 3.50. The molecule has 0 aliphatic rings. The van der Waals surface area contributed by atoms with Crippen molar-refractivity contribution in [2.24, 2.45) is 0 Å². The first-order valence-electron chi connectivity index (χ1n) is 7.61. The third-order valence-electron chi connectivity index (χ3n) is 3.78. The van der Waals surface area contributed by atoms with E-state index in [1.165, 1.54) is 0 Å². The van der Waals surface area contributed by atoms with E-state index in [1.807, 2.05) is 32.0 Å². The van der Waals surface area contributed by atoms with Gasteiger partial charge in [-0.1, -0.05) is 39.0 Å². The second-order valence-electron chi connectivity index (χ2n) is 6.87. The second kappa shape index (κ2) is 6.42. The zero-order valence-corrected chi connectivity index (χ0v) is 15.2. The monoisotopic (exact) mass is 332 g/mol. The Morgan fingerprint density at radius 1 is 1.13 bits per heavy atom. The molecule has 0 saturated heterocycles. The molecule has 1 N–H and O–H groups in total. The average Bonchev–Trinajstić information content (AvgIpc) is 2.44. The van der Waals surface area contributed by atoms with E-state index < -0.39 is 10.0 Å². The van der Waals surface area contributed by atoms with Gasteiger partial charge in [0, 0.05) is 18.9 Å². The Hall–Kier alpha value is -1.72. The van der Waals surface area contributed by atoms with Gasteiger partial charge in [0.2, 0.25) is 10.0 Å². The molecule has 1 aromatic carbocycles. The van der Waals surface area contributed by atoms with Gasteiger partial charge in [0.1, 0.15) is 0 Å². The van der Waals surface area contributed by atoms with Gasteiger partial charge in [-0.05, 0) is 47.6 Å². The van der Waals surface area contributed by atoms with Gasteiger partial charge in [0.25, 0.3) is 0 Å². The Morgan fingerprint density at radius 2 is 1.74 bits per heavy atom. The van der Waals surface area contributed by atoms with Crippen molar-refractivity contribution in [3.05, 3.63) is 58.9 Å². The minimum absolute atomic E-state index is 0.0129. The van der Waals surface area contributed by atoms with Crippen LogP contribution in [0.2, 0.25) is 0 Å². The average molecular weight is 332 g/mol. The molecule has 0 aliphatic heterocycles. The quantitative estimate of drug-likeness (QED) is 0.932. The van der Waals surface area contributed by atoms with Crippen molar-refractivity contribution in [2.75, 3.05) is 0 Å². The molecule has 0 radical (unpaired) electrons. The lowest BCUT2D eigenvalue weighted by molar-refractivity contribution is 0.575. The van der Waals surface area contributed by atoms with Crippen LogP contribution in [0.3, 0.4) is 0 Å². The predicted molar refractivity (Wildman–Crippen MR) is 92.9 cm³/mol. The third-order valence-corrected chi connectivity index (χ3v) is 5.49. The van der Waals surface area contributed by atoms with Crippen LogP contribution in [0.15, 0.2) is 41.6 Å². The molecule has 0 unspecified atom stereocenters. The first-order valence-corrected chi connectivity index (χ1v) is 9.10. The van der Waals surface area contributed by atoms with E-state index in [9.17, 15) is 8.42 Å². The van der Waals surface area contributed by atoms with Crippen LogP contribution in [0.5, 0.6) is 0 Å². The summed E-state index contributed by atoms with van der Waals surface area (Å²) < 4.78 is 28.0. The topological polar surface area (TPSA) is 59.1 Å². The maximum atomic E-state index is 12.7. The number of aromatic nitrogens is 1. The maximum absolute atomic E-state index is 12.7. The zero-order chi connectivity index (χ0) is 17.3. The number of aryl methyl sites for hydroxylation is 2. The molecule has 2 aromatic rings. The van der Waals surface area contributed by atoms with Crippen molar-refractivity contribution in [1.82, 2.24) is 9.71 Å². The van der Waals surface area contributed by atoms with Gasteiger partial charge in [-0.2, -0.15) is 0 Å². The van der Waals surface area contributed by atoms with Crippen LogP contribution in [0.4, 0.5) is 0 Å². The Kier molecular flexibility index (Phi) is 4.92. The Labute approximate surface area is 139 Å². The molecule has 0 fully saturated rings. The molecule has 1 aromatic heterocycles. The van der Waals surface area contributed by atoms with Crippen LogP contribution < -0.4 is 4.72 Å². The molecule has 23 heavy (non-hydrogen) atoms. The summed E-state index contributed by atoms with van der Waals surface area (Å²) in [6, 6.07) is 7.56. The standard InChI is InChI=1S/C18H24N2O2S/c1-13-9-16(18(3,4)5)10-14(2)17(13)23(21,22)20-12-15-7-6-8-19-11-15/h6-11,20H,12H2,1-5H3. The van der Waals surface area contributed by atoms with Gasteiger partial charge in [0.05, 0.1) is 4.90 Å². The van der Waals surface area contributed by atoms with Crippen LogP contribution >= 0.6 is 0 Å². The van der Waals surface area contributed by atoms with E-state index >= 15 is 0 Å². The minimum atomic E-state index is -3.56. The van der Waals surface area contributed by atoms with Crippen LogP contribution in [-0.4, -0.2) is 13.4 Å². The number of nitrogens with zero attached hydrogens (tertiary/aromatic N) is 1. The van der Waals surface area contributed by atoms with Crippen molar-refractivity contribution < 1.29 is 8.42 Å². The summed E-state index contributed by atoms with van der Waals surface area (Å²) in [5.74, 6) is 0. The number of rotatable bonds is 4. The highest BCUT2D eigenvalue weighted by atomic mass is 32.2. The third kappa shape index (κ3) is 4.18. The highest BCUT2D eigenvalue weighted by molar-refractivity contribution is 7.89. The van der Waals surface area contributed by atoms with Crippen molar-refractivity contribution in [1.29, 1.82) is 0 Å². The van der Waals surface area contributed by atoms with Gasteiger partial charge >= 0.3 is 0 Å². The smallest absolute Gasteiger partial charge is 0.241 e. The number of hydrogen-bond acceptors (Lipinski definition) is 3. The van der Waals surface area contributed by atoms with Gasteiger partial charge in [0.15, 0.2) is 0 Å². The summed E-state index contributed by atoms with van der Waals surface area (Å²) in [6.07, 6.45) is 3.32. The molecular weight excluding hydrogens is 308 g/mol. The summed E-state index contributed by atoms with van der Waals surface area (Å²) in [7, 11) is -3.56. The molecule has 1 heterocycles. The minimum Gasteiger partial charge on any atom is -0.264 e. The number of sulfonamides is 1. The lowest BCUT2D eigenvalue weighted by atomic mass is 9.85. The van der Waals surface area contributed by atoms with Crippen molar-refractivity contribution >= 4 is 10.0 Å². The molecule has 4 nitrogen and oxygen atoms in total. The molecule has 0 saturated carbocycles. The highest BCUT2D eigenvalue weighted by Gasteiger charge is 2.23. The van der Waals surface area contributed by atoms with E-state index in [2.05, 4.69) is 30.5 Å². The molecule has 124 valence electrons. The summed E-state index contributed by atoms with van der Waals surface area (Å²) in [4.78, 5) is 4.37. The number of benzene rings is 1. The molecular formula is C18H24N2O2S. The van der Waals surface area contributed by atoms with Crippen LogP contribution in [-0.2, 0) is 22.0 Å². The SMILES string of the molecule is Cc1cc(C(C)(C)C)cc(C)c1S(=O)(=O)NCc1cccnc1. The number of nitrogens with one attached hydrogen (secondary N) is 1. The van der Waals surface area contributed by atoms with Crippen LogP contribution in [0.1, 0.15) is 43.0 Å². The van der Waals surface area contributed by atoms with E-state index in [4.69, 9.17) is 0 Å². The number of hydrogen-bond donors (Lipinski definition) is 1. The van der Waals surface area contributed by atoms with Crippen molar-refractivity contribution in [3.63, 3.8) is 0 Å². The van der Waals surface area contributed by atoms with Crippen LogP contribution in [0, 0.1) is 13.8 Å². The lowest BCUT2D eigenvalue weighted by Crippen LogP contribution is -2.25. The highest BCUT2D eigenvalue weighted by Crippen LogP contribution is 2.29. The lowest BCUT2D eigenvalue weighted by Gasteiger charge is -2.22. The molecule has 2 rings (SSSR count). The van der Waals surface area contributed by atoms with Gasteiger partial charge in [-0.3, -0.25) is 4.98 Å². The van der Waals surface area contributed by atoms with Crippen LogP contribution in [0.25, 0.3) is 0 Å². The fourth-order valence-corrected chi connectivity index (χ4v) is 4.03. The largest absolute Gasteiger partial charge is 0.264 e. The van der Waals surface area contributed by atoms with Gasteiger partial charge < -0.3 is 0 Å². The Morgan fingerprint density at radius 3 is 2.22 bits per heavy atom. The molecule has 0 amide bonds. The van der Waals surface area contributed by atoms with Crippen molar-refractivity contribution in [3.8, 4) is 0 Å². The van der Waals surface area contributed by atoms with E-state index in [0.29, 0.717) is 4.90 Å². The molecule has 0 bridgehead atoms. The molecule has 0 atom stereocenters. The summed E-state index contributed by atoms with van der Waals surface area (Å²) >= 11 is 0. The predicted octanol–water partition coefficient (Wildman–Crippen LogP) is 3.47. The fraction of sp³-hybridized carbons (Fsp3) is 0.389. The second-order valence-corrected chi connectivity index (χ2v) is 8.58. The first kappa shape index (κ1) is 17.6.